The molecule has 1 N–H and O–H groups in total. The normalized spacial score (nSPS) is 18.0. The van der Waals surface area contributed by atoms with Crippen molar-refractivity contribution in [1.82, 2.24) is 5.32 Å². The molecule has 1 fully saturated rings. The van der Waals surface area contributed by atoms with Crippen molar-refractivity contribution in [3.05, 3.63) is 0 Å². The minimum atomic E-state index is 0.0549. The van der Waals surface area contributed by atoms with E-state index in [1.807, 2.05) is 0 Å². The van der Waals surface area contributed by atoms with E-state index in [2.05, 4.69) is 18.3 Å². The summed E-state index contributed by atoms with van der Waals surface area (Å²) in [6.45, 7) is 2.07. The summed E-state index contributed by atoms with van der Waals surface area (Å²) in [6.07, 6.45) is 7.88. The van der Waals surface area contributed by atoms with E-state index < -0.39 is 0 Å². The van der Waals surface area contributed by atoms with E-state index in [9.17, 15) is 4.79 Å². The Balaban J connectivity index is 2.16. The summed E-state index contributed by atoms with van der Waals surface area (Å²) in [5.74, 6) is 0.183. The van der Waals surface area contributed by atoms with Crippen LogP contribution in [-0.2, 0) is 4.79 Å². The molecule has 0 aliphatic heterocycles. The third-order valence-corrected chi connectivity index (χ3v) is 3.26. The lowest BCUT2D eigenvalue weighted by atomic mass is 9.99. The first kappa shape index (κ1) is 13.0. The highest BCUT2D eigenvalue weighted by molar-refractivity contribution is 5.76. The molecular formula is C13H22N2O. The molecule has 0 heterocycles. The quantitative estimate of drug-likeness (QED) is 0.751. The lowest BCUT2D eigenvalue weighted by Gasteiger charge is -2.12. The van der Waals surface area contributed by atoms with Gasteiger partial charge in [0.15, 0.2) is 0 Å². The zero-order chi connectivity index (χ0) is 11.8. The molecule has 0 saturated heterocycles. The van der Waals surface area contributed by atoms with E-state index in [0.29, 0.717) is 18.9 Å². The molecule has 0 aromatic heterocycles. The van der Waals surface area contributed by atoms with Gasteiger partial charge in [0.2, 0.25) is 5.91 Å². The number of nitrogens with one attached hydrogen (secondary N) is 1. The molecule has 0 bridgehead atoms. The van der Waals surface area contributed by atoms with Crippen molar-refractivity contribution in [2.45, 2.75) is 64.3 Å². The van der Waals surface area contributed by atoms with Crippen LogP contribution in [0.2, 0.25) is 0 Å². The van der Waals surface area contributed by atoms with Crippen LogP contribution in [0.25, 0.3) is 0 Å². The SMILES string of the molecule is CCCC(C#N)CCC(=O)NC1CCCC1. The van der Waals surface area contributed by atoms with Gasteiger partial charge in [0.25, 0.3) is 0 Å². The van der Waals surface area contributed by atoms with Gasteiger partial charge in [-0.25, -0.2) is 0 Å². The molecule has 90 valence electrons. The Kier molecular flexibility index (Phi) is 5.92. The van der Waals surface area contributed by atoms with Gasteiger partial charge in [0.05, 0.1) is 6.07 Å². The van der Waals surface area contributed by atoms with E-state index in [1.54, 1.807) is 0 Å². The Morgan fingerprint density at radius 2 is 2.12 bits per heavy atom. The van der Waals surface area contributed by atoms with Gasteiger partial charge in [-0.05, 0) is 25.7 Å². The Labute approximate surface area is 98.2 Å². The summed E-state index contributed by atoms with van der Waals surface area (Å²) in [6, 6.07) is 2.67. The van der Waals surface area contributed by atoms with E-state index in [-0.39, 0.29) is 11.8 Å². The first-order valence-electron chi connectivity index (χ1n) is 6.45. The molecule has 1 aliphatic rings. The standard InChI is InChI=1S/C13H22N2O/c1-2-5-11(10-14)8-9-13(16)15-12-6-3-4-7-12/h11-12H,2-9H2,1H3,(H,15,16). The van der Waals surface area contributed by atoms with Gasteiger partial charge in [-0.1, -0.05) is 26.2 Å². The van der Waals surface area contributed by atoms with Crippen LogP contribution in [0.1, 0.15) is 58.3 Å². The Morgan fingerprint density at radius 1 is 1.44 bits per heavy atom. The highest BCUT2D eigenvalue weighted by Crippen LogP contribution is 2.18. The number of carbonyl (C=O) groups excluding carboxylic acids is 1. The van der Waals surface area contributed by atoms with Crippen molar-refractivity contribution in [2.75, 3.05) is 0 Å². The van der Waals surface area contributed by atoms with Gasteiger partial charge < -0.3 is 5.32 Å². The predicted molar refractivity (Wildman–Crippen MR) is 63.6 cm³/mol. The van der Waals surface area contributed by atoms with Gasteiger partial charge in [-0.2, -0.15) is 5.26 Å². The topological polar surface area (TPSA) is 52.9 Å². The predicted octanol–water partition coefficient (Wildman–Crippen LogP) is 2.77. The lowest BCUT2D eigenvalue weighted by Crippen LogP contribution is -2.32. The highest BCUT2D eigenvalue weighted by atomic mass is 16.1. The second-order valence-electron chi connectivity index (χ2n) is 4.70. The second-order valence-corrected chi connectivity index (χ2v) is 4.70. The average molecular weight is 222 g/mol. The molecule has 0 aromatic rings. The first-order valence-corrected chi connectivity index (χ1v) is 6.45. The molecule has 1 rings (SSSR count). The van der Waals surface area contributed by atoms with E-state index in [0.717, 1.165) is 25.7 Å². The Bertz CT molecular complexity index is 251. The number of nitriles is 1. The molecule has 1 unspecified atom stereocenters. The number of carbonyl (C=O) groups is 1. The fourth-order valence-corrected chi connectivity index (χ4v) is 2.30. The van der Waals surface area contributed by atoms with Crippen LogP contribution in [0.3, 0.4) is 0 Å². The Hall–Kier alpha value is -1.04. The van der Waals surface area contributed by atoms with Crippen LogP contribution in [0.15, 0.2) is 0 Å². The smallest absolute Gasteiger partial charge is 0.220 e. The van der Waals surface area contributed by atoms with Crippen LogP contribution < -0.4 is 5.32 Å². The van der Waals surface area contributed by atoms with Crippen molar-refractivity contribution < 1.29 is 4.79 Å². The fraction of sp³-hybridized carbons (Fsp3) is 0.846. The second kappa shape index (κ2) is 7.27. The Morgan fingerprint density at radius 3 is 2.69 bits per heavy atom. The zero-order valence-electron chi connectivity index (χ0n) is 10.2. The average Bonchev–Trinajstić information content (AvgIpc) is 2.76. The third-order valence-electron chi connectivity index (χ3n) is 3.26. The largest absolute Gasteiger partial charge is 0.353 e. The van der Waals surface area contributed by atoms with Crippen molar-refractivity contribution in [2.24, 2.45) is 5.92 Å². The third kappa shape index (κ3) is 4.65. The monoisotopic (exact) mass is 222 g/mol. The van der Waals surface area contributed by atoms with Gasteiger partial charge in [-0.15, -0.1) is 0 Å². The molecule has 1 saturated carbocycles. The number of amides is 1. The van der Waals surface area contributed by atoms with E-state index >= 15 is 0 Å². The maximum Gasteiger partial charge on any atom is 0.220 e. The van der Waals surface area contributed by atoms with Gasteiger partial charge >= 0.3 is 0 Å². The fourth-order valence-electron chi connectivity index (χ4n) is 2.30. The van der Waals surface area contributed by atoms with E-state index in [1.165, 1.54) is 12.8 Å². The molecule has 1 amide bonds. The van der Waals surface area contributed by atoms with Crippen molar-refractivity contribution >= 4 is 5.91 Å². The molecule has 16 heavy (non-hydrogen) atoms. The number of hydrogen-bond acceptors (Lipinski definition) is 2. The number of hydrogen-bond donors (Lipinski definition) is 1. The molecule has 3 heteroatoms. The zero-order valence-corrected chi connectivity index (χ0v) is 10.2. The van der Waals surface area contributed by atoms with Crippen LogP contribution in [0, 0.1) is 17.2 Å². The van der Waals surface area contributed by atoms with Crippen LogP contribution in [-0.4, -0.2) is 11.9 Å². The maximum atomic E-state index is 11.6. The number of rotatable bonds is 6. The van der Waals surface area contributed by atoms with Crippen molar-refractivity contribution in [3.8, 4) is 6.07 Å². The molecule has 0 radical (unpaired) electrons. The summed E-state index contributed by atoms with van der Waals surface area (Å²) in [4.78, 5) is 11.6. The molecule has 1 aliphatic carbocycles. The van der Waals surface area contributed by atoms with Gasteiger partial charge in [0, 0.05) is 18.4 Å². The van der Waals surface area contributed by atoms with Crippen LogP contribution in [0.5, 0.6) is 0 Å². The molecule has 0 spiro atoms. The summed E-state index contributed by atoms with van der Waals surface area (Å²) < 4.78 is 0. The minimum Gasteiger partial charge on any atom is -0.353 e. The lowest BCUT2D eigenvalue weighted by molar-refractivity contribution is -0.122. The summed E-state index contributed by atoms with van der Waals surface area (Å²) in [5.41, 5.74) is 0. The van der Waals surface area contributed by atoms with Crippen molar-refractivity contribution in [3.63, 3.8) is 0 Å². The molecule has 1 atom stereocenters. The van der Waals surface area contributed by atoms with Crippen LogP contribution >= 0.6 is 0 Å². The highest BCUT2D eigenvalue weighted by Gasteiger charge is 2.17. The molecule has 0 aromatic carbocycles. The first-order chi connectivity index (χ1) is 7.76. The van der Waals surface area contributed by atoms with Crippen LogP contribution in [0.4, 0.5) is 0 Å². The summed E-state index contributed by atoms with van der Waals surface area (Å²) >= 11 is 0. The van der Waals surface area contributed by atoms with Crippen molar-refractivity contribution in [1.29, 1.82) is 5.26 Å². The summed E-state index contributed by atoms with van der Waals surface area (Å²) in [5, 5.41) is 11.9. The van der Waals surface area contributed by atoms with Gasteiger partial charge in [0.1, 0.15) is 0 Å². The molecule has 3 nitrogen and oxygen atoms in total. The molecular weight excluding hydrogens is 200 g/mol. The number of nitrogens with zero attached hydrogens (tertiary/aromatic N) is 1. The van der Waals surface area contributed by atoms with Gasteiger partial charge in [-0.3, -0.25) is 4.79 Å². The maximum absolute atomic E-state index is 11.6. The van der Waals surface area contributed by atoms with E-state index in [4.69, 9.17) is 5.26 Å². The summed E-state index contributed by atoms with van der Waals surface area (Å²) in [7, 11) is 0. The minimum absolute atomic E-state index is 0.0549.